The van der Waals surface area contributed by atoms with Gasteiger partial charge in [-0.3, -0.25) is 0 Å². The molecular formula is C9H18S. The quantitative estimate of drug-likeness (QED) is 0.565. The third-order valence-electron chi connectivity index (χ3n) is 1.05. The maximum Gasteiger partial charge on any atom is 0.0116 e. The molecule has 0 radical (unpaired) electrons. The second kappa shape index (κ2) is 5.84. The van der Waals surface area contributed by atoms with Gasteiger partial charge in [-0.05, 0) is 11.2 Å². The van der Waals surface area contributed by atoms with Gasteiger partial charge in [0.2, 0.25) is 0 Å². The van der Waals surface area contributed by atoms with Gasteiger partial charge in [-0.1, -0.05) is 39.8 Å². The molecule has 0 aliphatic heterocycles. The molecule has 0 fully saturated rings. The first-order valence-corrected chi connectivity index (χ1v) is 4.96. The first-order valence-electron chi connectivity index (χ1n) is 3.91. The van der Waals surface area contributed by atoms with Gasteiger partial charge < -0.3 is 0 Å². The molecule has 0 unspecified atom stereocenters. The predicted octanol–water partition coefficient (Wildman–Crippen LogP) is 3.34. The Bertz CT molecular complexity index is 92.9. The van der Waals surface area contributed by atoms with E-state index in [-0.39, 0.29) is 0 Å². The molecule has 0 aromatic carbocycles. The molecule has 0 heterocycles. The van der Waals surface area contributed by atoms with E-state index in [0.29, 0.717) is 5.92 Å². The topological polar surface area (TPSA) is 0 Å². The van der Waals surface area contributed by atoms with Crippen molar-refractivity contribution in [1.82, 2.24) is 0 Å². The van der Waals surface area contributed by atoms with Gasteiger partial charge >= 0.3 is 0 Å². The molecular weight excluding hydrogens is 140 g/mol. The van der Waals surface area contributed by atoms with Crippen LogP contribution >= 0.6 is 11.8 Å². The summed E-state index contributed by atoms with van der Waals surface area (Å²) >= 11 is 1.99. The van der Waals surface area contributed by atoms with Crippen molar-refractivity contribution in [3.05, 3.63) is 12.2 Å². The van der Waals surface area contributed by atoms with E-state index in [4.69, 9.17) is 0 Å². The van der Waals surface area contributed by atoms with Crippen LogP contribution in [0.5, 0.6) is 0 Å². The van der Waals surface area contributed by atoms with Crippen LogP contribution in [0.15, 0.2) is 12.2 Å². The van der Waals surface area contributed by atoms with E-state index in [9.17, 15) is 0 Å². The van der Waals surface area contributed by atoms with E-state index in [1.54, 1.807) is 0 Å². The highest BCUT2D eigenvalue weighted by Crippen LogP contribution is 2.09. The van der Waals surface area contributed by atoms with Crippen LogP contribution in [0.3, 0.4) is 0 Å². The number of thioether (sulfide) groups is 1. The molecule has 0 aliphatic carbocycles. The van der Waals surface area contributed by atoms with E-state index in [1.165, 1.54) is 0 Å². The summed E-state index contributed by atoms with van der Waals surface area (Å²) in [4.78, 5) is 0. The lowest BCUT2D eigenvalue weighted by atomic mass is 10.2. The summed E-state index contributed by atoms with van der Waals surface area (Å²) in [5, 5.41) is 0.761. The second-order valence-corrected chi connectivity index (χ2v) is 4.66. The zero-order chi connectivity index (χ0) is 7.98. The number of hydrogen-bond donors (Lipinski definition) is 0. The molecule has 0 saturated heterocycles. The van der Waals surface area contributed by atoms with Crippen molar-refractivity contribution in [2.45, 2.75) is 32.9 Å². The van der Waals surface area contributed by atoms with Crippen molar-refractivity contribution in [2.24, 2.45) is 5.92 Å². The molecule has 0 aromatic rings. The monoisotopic (exact) mass is 158 g/mol. The lowest BCUT2D eigenvalue weighted by molar-refractivity contribution is 0.830. The zero-order valence-corrected chi connectivity index (χ0v) is 8.24. The second-order valence-electron chi connectivity index (χ2n) is 3.05. The normalized spacial score (nSPS) is 12.2. The first kappa shape index (κ1) is 10.1. The SMILES string of the molecule is CC(C)/C=C\CSC(C)C. The van der Waals surface area contributed by atoms with Gasteiger partial charge in [0.25, 0.3) is 0 Å². The number of allylic oxidation sites excluding steroid dienone is 1. The van der Waals surface area contributed by atoms with E-state index in [2.05, 4.69) is 39.8 Å². The Labute approximate surface area is 69.1 Å². The van der Waals surface area contributed by atoms with Crippen molar-refractivity contribution in [3.8, 4) is 0 Å². The van der Waals surface area contributed by atoms with Gasteiger partial charge in [-0.2, -0.15) is 11.8 Å². The van der Waals surface area contributed by atoms with Crippen LogP contribution in [0.1, 0.15) is 27.7 Å². The third kappa shape index (κ3) is 8.09. The molecule has 0 atom stereocenters. The van der Waals surface area contributed by atoms with Crippen molar-refractivity contribution in [2.75, 3.05) is 5.75 Å². The van der Waals surface area contributed by atoms with Gasteiger partial charge in [0.15, 0.2) is 0 Å². The zero-order valence-electron chi connectivity index (χ0n) is 7.42. The molecule has 0 N–H and O–H groups in total. The first-order chi connectivity index (χ1) is 4.63. The minimum atomic E-state index is 0.702. The van der Waals surface area contributed by atoms with E-state index >= 15 is 0 Å². The van der Waals surface area contributed by atoms with Crippen LogP contribution in [-0.4, -0.2) is 11.0 Å². The number of rotatable bonds is 4. The Hall–Kier alpha value is 0.0900. The van der Waals surface area contributed by atoms with Gasteiger partial charge in [-0.15, -0.1) is 0 Å². The van der Waals surface area contributed by atoms with Gasteiger partial charge in [0.1, 0.15) is 0 Å². The highest BCUT2D eigenvalue weighted by atomic mass is 32.2. The lowest BCUT2D eigenvalue weighted by Gasteiger charge is -1.99. The average molecular weight is 158 g/mol. The molecule has 0 nitrogen and oxygen atoms in total. The molecule has 10 heavy (non-hydrogen) atoms. The molecule has 60 valence electrons. The average Bonchev–Trinajstić information content (AvgIpc) is 1.79. The maximum atomic E-state index is 2.26. The van der Waals surface area contributed by atoms with Gasteiger partial charge in [0, 0.05) is 5.75 Å². The fraction of sp³-hybridized carbons (Fsp3) is 0.778. The molecule has 1 heteroatoms. The van der Waals surface area contributed by atoms with Crippen LogP contribution in [-0.2, 0) is 0 Å². The highest BCUT2D eigenvalue weighted by molar-refractivity contribution is 7.99. The molecule has 0 rings (SSSR count). The Morgan fingerprint density at radius 2 is 1.80 bits per heavy atom. The molecule has 0 bridgehead atoms. The Morgan fingerprint density at radius 1 is 1.20 bits per heavy atom. The van der Waals surface area contributed by atoms with Crippen molar-refractivity contribution >= 4 is 11.8 Å². The summed E-state index contributed by atoms with van der Waals surface area (Å²) in [5.41, 5.74) is 0. The smallest absolute Gasteiger partial charge is 0.0116 e. The summed E-state index contributed by atoms with van der Waals surface area (Å²) in [6.45, 7) is 8.87. The van der Waals surface area contributed by atoms with Crippen molar-refractivity contribution < 1.29 is 0 Å². The number of hydrogen-bond acceptors (Lipinski definition) is 1. The summed E-state index contributed by atoms with van der Waals surface area (Å²) < 4.78 is 0. The highest BCUT2D eigenvalue weighted by Gasteiger charge is 1.89. The molecule has 0 spiro atoms. The standard InChI is InChI=1S/C9H18S/c1-8(2)6-5-7-10-9(3)4/h5-6,8-9H,7H2,1-4H3/b6-5-. The molecule has 0 saturated carbocycles. The van der Waals surface area contributed by atoms with Crippen molar-refractivity contribution in [3.63, 3.8) is 0 Å². The summed E-state index contributed by atoms with van der Waals surface area (Å²) in [6.07, 6.45) is 4.52. The van der Waals surface area contributed by atoms with E-state index < -0.39 is 0 Å². The van der Waals surface area contributed by atoms with Crippen LogP contribution in [0.25, 0.3) is 0 Å². The fourth-order valence-corrected chi connectivity index (χ4v) is 1.18. The fourth-order valence-electron chi connectivity index (χ4n) is 0.576. The minimum absolute atomic E-state index is 0.702. The summed E-state index contributed by atoms with van der Waals surface area (Å²) in [5.74, 6) is 1.86. The predicted molar refractivity (Wildman–Crippen MR) is 51.6 cm³/mol. The largest absolute Gasteiger partial charge is 0.155 e. The maximum absolute atomic E-state index is 2.26. The van der Waals surface area contributed by atoms with Crippen LogP contribution in [0, 0.1) is 5.92 Å². The minimum Gasteiger partial charge on any atom is -0.155 e. The van der Waals surface area contributed by atoms with Crippen LogP contribution in [0.4, 0.5) is 0 Å². The summed E-state index contributed by atoms with van der Waals surface area (Å²) in [7, 11) is 0. The van der Waals surface area contributed by atoms with Crippen molar-refractivity contribution in [1.29, 1.82) is 0 Å². The Kier molecular flexibility index (Phi) is 5.90. The third-order valence-corrected chi connectivity index (χ3v) is 2.10. The van der Waals surface area contributed by atoms with Crippen LogP contribution in [0.2, 0.25) is 0 Å². The summed E-state index contributed by atoms with van der Waals surface area (Å²) in [6, 6.07) is 0. The molecule has 0 aromatic heterocycles. The van der Waals surface area contributed by atoms with E-state index in [0.717, 1.165) is 11.0 Å². The van der Waals surface area contributed by atoms with E-state index in [1.807, 2.05) is 11.8 Å². The Balaban J connectivity index is 3.19. The molecule has 0 aliphatic rings. The molecule has 0 amide bonds. The Morgan fingerprint density at radius 3 is 2.20 bits per heavy atom. The van der Waals surface area contributed by atoms with Gasteiger partial charge in [-0.25, -0.2) is 0 Å². The van der Waals surface area contributed by atoms with Gasteiger partial charge in [0.05, 0.1) is 0 Å². The van der Waals surface area contributed by atoms with Crippen LogP contribution < -0.4 is 0 Å². The lowest BCUT2D eigenvalue weighted by Crippen LogP contribution is -1.87.